The molecule has 5 heteroatoms. The number of pyridine rings is 1. The highest BCUT2D eigenvalue weighted by Gasteiger charge is 2.21. The molecule has 3 rings (SSSR count). The minimum atomic E-state index is -0.212. The molecule has 0 radical (unpaired) electrons. The van der Waals surface area contributed by atoms with Gasteiger partial charge in [0.25, 0.3) is 0 Å². The normalized spacial score (nSPS) is 16.2. The van der Waals surface area contributed by atoms with Crippen LogP contribution in [-0.4, -0.2) is 56.3 Å². The van der Waals surface area contributed by atoms with Crippen LogP contribution in [0.25, 0.3) is 10.8 Å². The van der Waals surface area contributed by atoms with Crippen LogP contribution < -0.4 is 4.90 Å². The number of anilines is 1. The maximum absolute atomic E-state index is 13.6. The van der Waals surface area contributed by atoms with E-state index < -0.39 is 0 Å². The van der Waals surface area contributed by atoms with Crippen LogP contribution in [0.15, 0.2) is 30.5 Å². The van der Waals surface area contributed by atoms with Crippen molar-refractivity contribution in [2.75, 3.05) is 45.2 Å². The van der Waals surface area contributed by atoms with Crippen LogP contribution in [0, 0.1) is 5.82 Å². The molecule has 0 atom stereocenters. The Morgan fingerprint density at radius 2 is 2.04 bits per heavy atom. The number of benzene rings is 1. The Labute approximate surface area is 143 Å². The summed E-state index contributed by atoms with van der Waals surface area (Å²) in [4.78, 5) is 8.93. The van der Waals surface area contributed by atoms with E-state index in [-0.39, 0.29) is 5.82 Å². The largest absolute Gasteiger partial charge is 0.378 e. The summed E-state index contributed by atoms with van der Waals surface area (Å²) in [7, 11) is 4.16. The molecule has 4 nitrogen and oxygen atoms in total. The lowest BCUT2D eigenvalue weighted by Crippen LogP contribution is -2.37. The Hall–Kier alpha value is -1.72. The van der Waals surface area contributed by atoms with Gasteiger partial charge in [-0.1, -0.05) is 6.07 Å². The summed E-state index contributed by atoms with van der Waals surface area (Å²) in [6, 6.07) is 6.83. The van der Waals surface area contributed by atoms with Crippen molar-refractivity contribution in [3.63, 3.8) is 0 Å². The molecule has 0 unspecified atom stereocenters. The first-order chi connectivity index (χ1) is 11.6. The van der Waals surface area contributed by atoms with E-state index in [1.807, 2.05) is 12.1 Å². The number of nitrogens with zero attached hydrogens (tertiary/aromatic N) is 3. The second-order valence-electron chi connectivity index (χ2n) is 6.71. The van der Waals surface area contributed by atoms with E-state index in [9.17, 15) is 4.39 Å². The summed E-state index contributed by atoms with van der Waals surface area (Å²) in [6.45, 7) is 3.69. The number of fused-ring (bicyclic) bond motifs is 1. The number of halogens is 1. The van der Waals surface area contributed by atoms with E-state index in [1.54, 1.807) is 12.3 Å². The molecule has 130 valence electrons. The number of aromatic nitrogens is 1. The van der Waals surface area contributed by atoms with Crippen LogP contribution in [0.5, 0.6) is 0 Å². The second-order valence-corrected chi connectivity index (χ2v) is 6.71. The molecule has 1 aliphatic heterocycles. The van der Waals surface area contributed by atoms with E-state index in [4.69, 9.17) is 4.74 Å². The molecule has 0 amide bonds. The maximum Gasteiger partial charge on any atom is 0.136 e. The summed E-state index contributed by atoms with van der Waals surface area (Å²) in [5, 5.41) is 1.92. The Morgan fingerprint density at radius 3 is 2.79 bits per heavy atom. The fraction of sp³-hybridized carbons (Fsp3) is 0.526. The van der Waals surface area contributed by atoms with Gasteiger partial charge < -0.3 is 14.5 Å². The summed E-state index contributed by atoms with van der Waals surface area (Å²) >= 11 is 0. The van der Waals surface area contributed by atoms with Crippen LogP contribution >= 0.6 is 0 Å². The lowest BCUT2D eigenvalue weighted by molar-refractivity contribution is 0.0332. The van der Waals surface area contributed by atoms with Gasteiger partial charge in [-0.15, -0.1) is 0 Å². The summed E-state index contributed by atoms with van der Waals surface area (Å²) in [6.07, 6.45) is 5.19. The van der Waals surface area contributed by atoms with Gasteiger partial charge in [-0.3, -0.25) is 0 Å². The quantitative estimate of drug-likeness (QED) is 0.759. The third kappa shape index (κ3) is 4.22. The van der Waals surface area contributed by atoms with Crippen LogP contribution in [0.4, 0.5) is 10.2 Å². The first-order valence-corrected chi connectivity index (χ1v) is 8.69. The van der Waals surface area contributed by atoms with Crippen molar-refractivity contribution in [1.29, 1.82) is 0 Å². The molecule has 0 spiro atoms. The predicted octanol–water partition coefficient (Wildman–Crippen LogP) is 3.31. The highest BCUT2D eigenvalue weighted by atomic mass is 19.1. The van der Waals surface area contributed by atoms with E-state index >= 15 is 0 Å². The molecule has 2 aromatic rings. The Morgan fingerprint density at radius 1 is 1.25 bits per heavy atom. The molecule has 0 N–H and O–H groups in total. The monoisotopic (exact) mass is 331 g/mol. The maximum atomic E-state index is 13.6. The SMILES string of the molecule is CN(C)CCCOC1CCN(c2nccc3ccc(F)cc23)CC1. The van der Waals surface area contributed by atoms with Gasteiger partial charge in [0.2, 0.25) is 0 Å². The smallest absolute Gasteiger partial charge is 0.136 e. The van der Waals surface area contributed by atoms with E-state index in [0.717, 1.165) is 62.1 Å². The minimum Gasteiger partial charge on any atom is -0.378 e. The highest BCUT2D eigenvalue weighted by Crippen LogP contribution is 2.28. The van der Waals surface area contributed by atoms with Crippen molar-refractivity contribution in [3.8, 4) is 0 Å². The Bertz CT molecular complexity index is 669. The highest BCUT2D eigenvalue weighted by molar-refractivity contribution is 5.92. The van der Waals surface area contributed by atoms with Crippen LogP contribution in [0.3, 0.4) is 0 Å². The fourth-order valence-corrected chi connectivity index (χ4v) is 3.24. The zero-order valence-electron chi connectivity index (χ0n) is 14.5. The Balaban J connectivity index is 1.58. The number of hydrogen-bond donors (Lipinski definition) is 0. The zero-order chi connectivity index (χ0) is 16.9. The topological polar surface area (TPSA) is 28.6 Å². The van der Waals surface area contributed by atoms with Crippen molar-refractivity contribution >= 4 is 16.6 Å². The van der Waals surface area contributed by atoms with E-state index in [2.05, 4.69) is 28.9 Å². The molecule has 1 aromatic carbocycles. The molecule has 24 heavy (non-hydrogen) atoms. The Kier molecular flexibility index (Phi) is 5.63. The van der Waals surface area contributed by atoms with Crippen molar-refractivity contribution < 1.29 is 9.13 Å². The van der Waals surface area contributed by atoms with Crippen LogP contribution in [-0.2, 0) is 4.74 Å². The number of ether oxygens (including phenoxy) is 1. The van der Waals surface area contributed by atoms with Gasteiger partial charge in [0.05, 0.1) is 6.10 Å². The third-order valence-electron chi connectivity index (χ3n) is 4.55. The molecular weight excluding hydrogens is 305 g/mol. The lowest BCUT2D eigenvalue weighted by atomic mass is 10.1. The third-order valence-corrected chi connectivity index (χ3v) is 4.55. The molecule has 0 bridgehead atoms. The first kappa shape index (κ1) is 17.1. The van der Waals surface area contributed by atoms with Crippen molar-refractivity contribution in [1.82, 2.24) is 9.88 Å². The van der Waals surface area contributed by atoms with Gasteiger partial charge in [-0.05, 0) is 63.5 Å². The summed E-state index contributed by atoms with van der Waals surface area (Å²) < 4.78 is 19.6. The van der Waals surface area contributed by atoms with Crippen molar-refractivity contribution in [2.45, 2.75) is 25.4 Å². The van der Waals surface area contributed by atoms with Crippen LogP contribution in [0.1, 0.15) is 19.3 Å². The zero-order valence-corrected chi connectivity index (χ0v) is 14.5. The predicted molar refractivity (Wildman–Crippen MR) is 96.1 cm³/mol. The first-order valence-electron chi connectivity index (χ1n) is 8.69. The standard InChI is InChI=1S/C19H26FN3O/c1-22(2)10-3-13-24-17-7-11-23(12-8-17)19-18-14-16(20)5-4-15(18)6-9-21-19/h4-6,9,14,17H,3,7-8,10-13H2,1-2H3. The van der Waals surface area contributed by atoms with Gasteiger partial charge in [0.15, 0.2) is 0 Å². The van der Waals surface area contributed by atoms with Crippen LogP contribution in [0.2, 0.25) is 0 Å². The molecule has 2 heterocycles. The molecule has 1 aromatic heterocycles. The van der Waals surface area contributed by atoms with Gasteiger partial charge in [-0.25, -0.2) is 9.37 Å². The summed E-state index contributed by atoms with van der Waals surface area (Å²) in [5.41, 5.74) is 0. The van der Waals surface area contributed by atoms with E-state index in [1.165, 1.54) is 6.07 Å². The van der Waals surface area contributed by atoms with Gasteiger partial charge in [0.1, 0.15) is 11.6 Å². The molecular formula is C19H26FN3O. The molecule has 1 aliphatic rings. The summed E-state index contributed by atoms with van der Waals surface area (Å²) in [5.74, 6) is 0.675. The van der Waals surface area contributed by atoms with Gasteiger partial charge in [0, 0.05) is 31.3 Å². The number of hydrogen-bond acceptors (Lipinski definition) is 4. The molecule has 1 fully saturated rings. The minimum absolute atomic E-state index is 0.212. The number of rotatable bonds is 6. The molecule has 0 saturated carbocycles. The van der Waals surface area contributed by atoms with Gasteiger partial charge >= 0.3 is 0 Å². The molecule has 0 aliphatic carbocycles. The molecule has 1 saturated heterocycles. The van der Waals surface area contributed by atoms with Gasteiger partial charge in [-0.2, -0.15) is 0 Å². The fourth-order valence-electron chi connectivity index (χ4n) is 3.24. The van der Waals surface area contributed by atoms with Crippen molar-refractivity contribution in [2.24, 2.45) is 0 Å². The lowest BCUT2D eigenvalue weighted by Gasteiger charge is -2.33. The number of piperidine rings is 1. The second kappa shape index (κ2) is 7.90. The average Bonchev–Trinajstić information content (AvgIpc) is 2.58. The van der Waals surface area contributed by atoms with Crippen molar-refractivity contribution in [3.05, 3.63) is 36.3 Å². The average molecular weight is 331 g/mol. The van der Waals surface area contributed by atoms with E-state index in [0.29, 0.717) is 6.10 Å².